The Morgan fingerprint density at radius 3 is 1.19 bits per heavy atom. The van der Waals surface area contributed by atoms with E-state index in [0.29, 0.717) is 0 Å². The van der Waals surface area contributed by atoms with Crippen molar-refractivity contribution < 1.29 is 21.7 Å². The van der Waals surface area contributed by atoms with E-state index < -0.39 is 6.69 Å². The van der Waals surface area contributed by atoms with Gasteiger partial charge < -0.3 is 0 Å². The first kappa shape index (κ1) is 28.2. The Kier molecular flexibility index (Phi) is 10.4. The van der Waals surface area contributed by atoms with E-state index >= 15 is 0 Å². The first-order chi connectivity index (χ1) is 16.9. The first-order valence-electron chi connectivity index (χ1n) is 11.7. The van der Waals surface area contributed by atoms with Crippen molar-refractivity contribution in [3.63, 3.8) is 0 Å². The molecule has 36 heavy (non-hydrogen) atoms. The van der Waals surface area contributed by atoms with Crippen LogP contribution < -0.4 is 10.4 Å². The molecule has 0 aliphatic carbocycles. The number of rotatable bonds is 2. The molecule has 0 saturated carbocycles. The minimum atomic E-state index is -2.51. The Morgan fingerprint density at radius 2 is 0.833 bits per heavy atom. The van der Waals surface area contributed by atoms with Gasteiger partial charge in [-0.25, -0.2) is 0 Å². The van der Waals surface area contributed by atoms with Gasteiger partial charge in [0.1, 0.15) is 0 Å². The van der Waals surface area contributed by atoms with Crippen LogP contribution in [0.4, 0.5) is 0 Å². The van der Waals surface area contributed by atoms with Crippen LogP contribution in [0.2, 0.25) is 0 Å². The van der Waals surface area contributed by atoms with E-state index in [1.807, 2.05) is 60.7 Å². The van der Waals surface area contributed by atoms with Crippen LogP contribution in [0.25, 0.3) is 21.5 Å². The summed E-state index contributed by atoms with van der Waals surface area (Å²) in [5, 5.41) is 7.44. The largest absolute Gasteiger partial charge is 2.00 e. The molecule has 0 aromatic heterocycles. The molecule has 0 aliphatic rings. The van der Waals surface area contributed by atoms with E-state index in [4.69, 9.17) is 22.2 Å². The molecule has 6 aromatic rings. The van der Waals surface area contributed by atoms with Crippen LogP contribution in [-0.4, -0.2) is 6.69 Å². The summed E-state index contributed by atoms with van der Waals surface area (Å²) in [6.45, 7) is 1.74. The third-order valence-corrected chi connectivity index (χ3v) is 10.5. The summed E-state index contributed by atoms with van der Waals surface area (Å²) in [6.07, 6.45) is 0. The molecule has 0 aliphatic heterocycles. The summed E-state index contributed by atoms with van der Waals surface area (Å²) in [5.41, 5.74) is 2.70. The number of hydrogen-bond donors (Lipinski definition) is 0. The van der Waals surface area contributed by atoms with Gasteiger partial charge in [0.05, 0.1) is 0 Å². The van der Waals surface area contributed by atoms with Gasteiger partial charge in [-0.2, -0.15) is 12.1 Å². The third kappa shape index (κ3) is 7.32. The quantitative estimate of drug-likeness (QED) is 0.113. The number of benzene rings is 4. The summed E-state index contributed by atoms with van der Waals surface area (Å²) < 4.78 is 0. The Morgan fingerprint density at radius 1 is 0.500 bits per heavy atom. The average Bonchev–Trinajstić information content (AvgIpc) is 3.46. The van der Waals surface area contributed by atoms with Crippen molar-refractivity contribution in [1.82, 2.24) is 0 Å². The molecular formula is C32H28Cl2SiTi. The van der Waals surface area contributed by atoms with E-state index in [1.165, 1.54) is 32.7 Å². The van der Waals surface area contributed by atoms with Crippen LogP contribution in [0.3, 0.4) is 0 Å². The predicted octanol–water partition coefficient (Wildman–Crippen LogP) is 8.45. The average molecular weight is 559 g/mol. The van der Waals surface area contributed by atoms with Crippen LogP contribution in [0.15, 0.2) is 133 Å². The first-order valence-corrected chi connectivity index (χ1v) is 15.7. The molecule has 0 atom stereocenters. The van der Waals surface area contributed by atoms with Gasteiger partial charge in [-0.3, -0.25) is 0 Å². The molecule has 0 unspecified atom stereocenters. The summed E-state index contributed by atoms with van der Waals surface area (Å²) in [5.74, 6) is 0. The van der Waals surface area contributed by atoms with Crippen LogP contribution in [0.1, 0.15) is 11.1 Å². The molecule has 6 aromatic carbocycles. The van der Waals surface area contributed by atoms with Crippen molar-refractivity contribution in [2.75, 3.05) is 0 Å². The Bertz CT molecular complexity index is 1300. The fourth-order valence-corrected chi connectivity index (χ4v) is 7.14. The third-order valence-electron chi connectivity index (χ3n) is 5.80. The van der Waals surface area contributed by atoms with Gasteiger partial charge >= 0.3 is 28.4 Å². The van der Waals surface area contributed by atoms with Crippen LogP contribution in [0, 0.1) is 13.8 Å². The fourth-order valence-electron chi connectivity index (χ4n) is 4.07. The van der Waals surface area contributed by atoms with Gasteiger partial charge in [0, 0.05) is 0 Å². The maximum Gasteiger partial charge on any atom is 2.00 e. The summed E-state index contributed by atoms with van der Waals surface area (Å²) >= 11 is 13.0. The van der Waals surface area contributed by atoms with Crippen LogP contribution in [-0.2, 0) is 21.7 Å². The van der Waals surface area contributed by atoms with Gasteiger partial charge in [-0.15, -0.1) is 103 Å². The van der Waals surface area contributed by atoms with Crippen molar-refractivity contribution in [3.8, 4) is 0 Å². The number of aryl methyl sites for hydroxylation is 2. The molecule has 6 rings (SSSR count). The smallest absolute Gasteiger partial charge is 0.165 e. The summed E-state index contributed by atoms with van der Waals surface area (Å²) in [7, 11) is 0. The van der Waals surface area contributed by atoms with E-state index in [2.05, 4.69) is 86.6 Å². The van der Waals surface area contributed by atoms with Crippen molar-refractivity contribution >= 4 is 60.8 Å². The van der Waals surface area contributed by atoms with Crippen molar-refractivity contribution in [2.45, 2.75) is 13.8 Å². The summed E-state index contributed by atoms with van der Waals surface area (Å²) in [4.78, 5) is 0. The minimum absolute atomic E-state index is 0. The fraction of sp³-hybridized carbons (Fsp3) is 0.0625. The zero-order valence-corrected chi connectivity index (χ0v) is 24.5. The van der Waals surface area contributed by atoms with Crippen molar-refractivity contribution in [1.29, 1.82) is 0 Å². The molecule has 0 spiro atoms. The minimum Gasteiger partial charge on any atom is -0.165 e. The van der Waals surface area contributed by atoms with Gasteiger partial charge in [0.2, 0.25) is 0 Å². The van der Waals surface area contributed by atoms with Gasteiger partial charge in [0.25, 0.3) is 0 Å². The molecule has 0 fully saturated rings. The Labute approximate surface area is 239 Å². The normalized spacial score (nSPS) is 10.6. The SMILES string of the molecule is Cc1cc2ccccc2[cH-]1.Cc1cc2ccccc2[cH-]1.Cl[Si](Cl)(c1ccccc1)c1ccccc1.[Ti+2]. The van der Waals surface area contributed by atoms with Crippen LogP contribution >= 0.6 is 22.2 Å². The zero-order valence-electron chi connectivity index (χ0n) is 20.5. The van der Waals surface area contributed by atoms with Gasteiger partial charge in [-0.1, -0.05) is 86.6 Å². The second-order valence-electron chi connectivity index (χ2n) is 8.63. The molecule has 0 heterocycles. The molecule has 0 nitrogen and oxygen atoms in total. The van der Waals surface area contributed by atoms with Crippen LogP contribution in [0.5, 0.6) is 0 Å². The maximum absolute atomic E-state index is 6.49. The monoisotopic (exact) mass is 558 g/mol. The molecule has 4 heteroatoms. The molecule has 0 bridgehead atoms. The number of fused-ring (bicyclic) bond motifs is 2. The Hall–Kier alpha value is -2.39. The number of halogens is 2. The molecule has 178 valence electrons. The van der Waals surface area contributed by atoms with Crippen molar-refractivity contribution in [2.24, 2.45) is 0 Å². The van der Waals surface area contributed by atoms with E-state index in [0.717, 1.165) is 10.4 Å². The van der Waals surface area contributed by atoms with E-state index in [1.54, 1.807) is 0 Å². The standard InChI is InChI=1S/C12H10Cl2Si.2C10H9.Ti/c13-15(14,11-7-3-1-4-8-11)12-9-5-2-6-10-12;2*1-8-6-9-4-2-3-5-10(9)7-8;/h1-10H;2*2-7H,1H3;/q;2*-1;+2. The second-order valence-corrected chi connectivity index (χ2v) is 14.9. The Balaban J connectivity index is 0.000000153. The molecule has 0 amide bonds. The molecule has 0 N–H and O–H groups in total. The van der Waals surface area contributed by atoms with E-state index in [9.17, 15) is 0 Å². The van der Waals surface area contributed by atoms with Crippen molar-refractivity contribution in [3.05, 3.63) is 145 Å². The second kappa shape index (κ2) is 13.2. The molecule has 0 saturated heterocycles. The molecule has 0 radical (unpaired) electrons. The van der Waals surface area contributed by atoms with Gasteiger partial charge in [-0.05, 0) is 10.4 Å². The van der Waals surface area contributed by atoms with E-state index in [-0.39, 0.29) is 21.7 Å². The zero-order chi connectivity index (χ0) is 24.7. The van der Waals surface area contributed by atoms with Gasteiger partial charge in [0.15, 0.2) is 0 Å². The topological polar surface area (TPSA) is 0 Å². The molecular weight excluding hydrogens is 531 g/mol. The summed E-state index contributed by atoms with van der Waals surface area (Å²) in [6, 6.07) is 45.4. The number of hydrogen-bond acceptors (Lipinski definition) is 0. The maximum atomic E-state index is 6.49. The predicted molar refractivity (Wildman–Crippen MR) is 158 cm³/mol.